The summed E-state index contributed by atoms with van der Waals surface area (Å²) < 4.78 is 23.6. The first kappa shape index (κ1) is 21.5. The van der Waals surface area contributed by atoms with E-state index in [1.807, 2.05) is 41.5 Å². The molecule has 6 nitrogen and oxygen atoms in total. The highest BCUT2D eigenvalue weighted by Crippen LogP contribution is 2.41. The molecule has 1 aromatic rings. The summed E-state index contributed by atoms with van der Waals surface area (Å²) in [6, 6.07) is 3.53. The zero-order chi connectivity index (χ0) is 20.9. The van der Waals surface area contributed by atoms with Gasteiger partial charge in [-0.1, -0.05) is 41.5 Å². The SMILES string of the molecule is CC(C)(C)c1cc(C=C2SC(=O)N(S(C)(=O)=O)C2=O)cc(C(C)(C)C)c1O. The second-order valence-corrected chi connectivity index (χ2v) is 11.5. The highest BCUT2D eigenvalue weighted by molar-refractivity contribution is 8.19. The zero-order valence-electron chi connectivity index (χ0n) is 16.6. The van der Waals surface area contributed by atoms with Gasteiger partial charge in [0.15, 0.2) is 0 Å². The van der Waals surface area contributed by atoms with Gasteiger partial charge < -0.3 is 5.11 Å². The molecule has 2 amide bonds. The summed E-state index contributed by atoms with van der Waals surface area (Å²) in [5, 5.41) is 9.92. The fourth-order valence-electron chi connectivity index (χ4n) is 2.77. The van der Waals surface area contributed by atoms with Gasteiger partial charge in [-0.2, -0.15) is 4.31 Å². The molecule has 0 aromatic heterocycles. The van der Waals surface area contributed by atoms with Gasteiger partial charge in [0.25, 0.3) is 5.91 Å². The van der Waals surface area contributed by atoms with Crippen LogP contribution < -0.4 is 0 Å². The van der Waals surface area contributed by atoms with Gasteiger partial charge in [-0.05, 0) is 46.4 Å². The van der Waals surface area contributed by atoms with Crippen molar-refractivity contribution < 1.29 is 23.1 Å². The predicted molar refractivity (Wildman–Crippen MR) is 108 cm³/mol. The molecule has 0 radical (unpaired) electrons. The van der Waals surface area contributed by atoms with Gasteiger partial charge in [0.2, 0.25) is 10.0 Å². The van der Waals surface area contributed by atoms with E-state index in [-0.39, 0.29) is 25.8 Å². The summed E-state index contributed by atoms with van der Waals surface area (Å²) in [5.41, 5.74) is 1.36. The van der Waals surface area contributed by atoms with Gasteiger partial charge in [0.1, 0.15) is 5.75 Å². The van der Waals surface area contributed by atoms with Crippen LogP contribution in [0.25, 0.3) is 6.08 Å². The van der Waals surface area contributed by atoms with Gasteiger partial charge in [-0.3, -0.25) is 9.59 Å². The number of rotatable bonds is 2. The minimum absolute atomic E-state index is 0.0378. The lowest BCUT2D eigenvalue weighted by Gasteiger charge is -2.28. The molecule has 0 spiro atoms. The first-order valence-corrected chi connectivity index (χ1v) is 11.1. The number of hydrogen-bond acceptors (Lipinski definition) is 6. The van der Waals surface area contributed by atoms with E-state index in [0.717, 1.165) is 6.26 Å². The van der Waals surface area contributed by atoms with Gasteiger partial charge in [-0.25, -0.2) is 8.42 Å². The Balaban J connectivity index is 2.65. The summed E-state index contributed by atoms with van der Waals surface area (Å²) in [4.78, 5) is 24.4. The van der Waals surface area contributed by atoms with Crippen molar-refractivity contribution in [2.75, 3.05) is 6.26 Å². The summed E-state index contributed by atoms with van der Waals surface area (Å²) in [5.74, 6) is -0.647. The van der Waals surface area contributed by atoms with E-state index in [2.05, 4.69) is 0 Å². The van der Waals surface area contributed by atoms with E-state index in [9.17, 15) is 23.1 Å². The maximum absolute atomic E-state index is 12.4. The van der Waals surface area contributed by atoms with Crippen LogP contribution >= 0.6 is 11.8 Å². The van der Waals surface area contributed by atoms with E-state index < -0.39 is 21.2 Å². The van der Waals surface area contributed by atoms with E-state index in [1.165, 1.54) is 6.08 Å². The molecule has 1 aliphatic heterocycles. The molecular weight excluding hydrogens is 386 g/mol. The van der Waals surface area contributed by atoms with Crippen LogP contribution in [0, 0.1) is 0 Å². The monoisotopic (exact) mass is 411 g/mol. The number of benzene rings is 1. The molecule has 1 aromatic carbocycles. The van der Waals surface area contributed by atoms with Gasteiger partial charge in [0.05, 0.1) is 11.2 Å². The quantitative estimate of drug-likeness (QED) is 0.740. The number of carbonyl (C=O) groups excluding carboxylic acids is 2. The fourth-order valence-corrected chi connectivity index (χ4v) is 4.75. The van der Waals surface area contributed by atoms with Crippen LogP contribution in [-0.4, -0.2) is 35.2 Å². The maximum Gasteiger partial charge on any atom is 0.307 e. The summed E-state index contributed by atoms with van der Waals surface area (Å²) >= 11 is 0.591. The Bertz CT molecular complexity index is 912. The lowest BCUT2D eigenvalue weighted by molar-refractivity contribution is -0.119. The lowest BCUT2D eigenvalue weighted by atomic mass is 9.78. The Morgan fingerprint density at radius 3 is 1.78 bits per heavy atom. The van der Waals surface area contributed by atoms with Crippen LogP contribution in [0.4, 0.5) is 4.79 Å². The van der Waals surface area contributed by atoms with E-state index >= 15 is 0 Å². The number of nitrogens with zero attached hydrogens (tertiary/aromatic N) is 1. The Morgan fingerprint density at radius 2 is 1.44 bits per heavy atom. The van der Waals surface area contributed by atoms with Crippen LogP contribution in [0.1, 0.15) is 58.2 Å². The van der Waals surface area contributed by atoms with Crippen molar-refractivity contribution in [1.29, 1.82) is 0 Å². The molecular formula is C19H25NO5S2. The number of amides is 2. The second kappa shape index (κ2) is 6.67. The molecule has 27 heavy (non-hydrogen) atoms. The standard InChI is InChI=1S/C19H25NO5S2/c1-18(2,3)12-8-11(9-13(15(12)21)19(4,5)6)10-14-16(22)20(17(23)26-14)27(7,24)25/h8-10,21H,1-7H3. The zero-order valence-corrected chi connectivity index (χ0v) is 18.2. The Hall–Kier alpha value is -1.80. The van der Waals surface area contributed by atoms with Crippen molar-refractivity contribution in [2.24, 2.45) is 0 Å². The van der Waals surface area contributed by atoms with Gasteiger partial charge >= 0.3 is 5.24 Å². The van der Waals surface area contributed by atoms with Crippen molar-refractivity contribution in [2.45, 2.75) is 52.4 Å². The molecule has 1 saturated heterocycles. The molecule has 2 rings (SSSR count). The van der Waals surface area contributed by atoms with E-state index in [4.69, 9.17) is 0 Å². The average molecular weight is 412 g/mol. The van der Waals surface area contributed by atoms with Crippen molar-refractivity contribution in [3.63, 3.8) is 0 Å². The van der Waals surface area contributed by atoms with Crippen LogP contribution in [0.2, 0.25) is 0 Å². The number of imide groups is 1. The van der Waals surface area contributed by atoms with Crippen LogP contribution in [0.15, 0.2) is 17.0 Å². The molecule has 1 N–H and O–H groups in total. The Kier molecular flexibility index (Phi) is 5.31. The third-order valence-corrected chi connectivity index (χ3v) is 6.12. The molecule has 1 heterocycles. The molecule has 1 aliphatic rings. The van der Waals surface area contributed by atoms with E-state index in [1.54, 1.807) is 12.1 Å². The number of carbonyl (C=O) groups is 2. The summed E-state index contributed by atoms with van der Waals surface area (Å²) in [7, 11) is -3.96. The van der Waals surface area contributed by atoms with Gasteiger partial charge in [-0.15, -0.1) is 0 Å². The highest BCUT2D eigenvalue weighted by atomic mass is 32.2. The van der Waals surface area contributed by atoms with Crippen LogP contribution in [-0.2, 0) is 25.6 Å². The average Bonchev–Trinajstić information content (AvgIpc) is 2.72. The maximum atomic E-state index is 12.4. The molecule has 0 saturated carbocycles. The summed E-state index contributed by atoms with van der Waals surface area (Å²) in [6.07, 6.45) is 2.32. The molecule has 1 fully saturated rings. The van der Waals surface area contributed by atoms with Gasteiger partial charge in [0, 0.05) is 11.1 Å². The number of phenolic OH excluding ortho intramolecular Hbond substituents is 1. The second-order valence-electron chi connectivity index (χ2n) is 8.67. The topological polar surface area (TPSA) is 91.8 Å². The first-order valence-electron chi connectivity index (χ1n) is 8.39. The Labute approximate surface area is 164 Å². The van der Waals surface area contributed by atoms with Crippen molar-refractivity contribution in [3.05, 3.63) is 33.7 Å². The number of aromatic hydroxyl groups is 1. The fraction of sp³-hybridized carbons (Fsp3) is 0.474. The normalized spacial score (nSPS) is 17.9. The first-order chi connectivity index (χ1) is 12.0. The number of thioether (sulfide) groups is 1. The van der Waals surface area contributed by atoms with Crippen LogP contribution in [0.5, 0.6) is 5.75 Å². The highest BCUT2D eigenvalue weighted by Gasteiger charge is 2.41. The van der Waals surface area contributed by atoms with Crippen molar-refractivity contribution >= 4 is 39.0 Å². The molecule has 148 valence electrons. The largest absolute Gasteiger partial charge is 0.507 e. The Morgan fingerprint density at radius 1 is 1.00 bits per heavy atom. The third kappa shape index (κ3) is 4.38. The summed E-state index contributed by atoms with van der Waals surface area (Å²) in [6.45, 7) is 11.8. The molecule has 0 aliphatic carbocycles. The number of phenols is 1. The van der Waals surface area contributed by atoms with Crippen LogP contribution in [0.3, 0.4) is 0 Å². The third-order valence-electron chi connectivity index (χ3n) is 4.14. The molecule has 0 unspecified atom stereocenters. The predicted octanol–water partition coefficient (Wildman–Crippen LogP) is 3.98. The minimum Gasteiger partial charge on any atom is -0.507 e. The van der Waals surface area contributed by atoms with E-state index in [0.29, 0.717) is 28.5 Å². The minimum atomic E-state index is -3.96. The van der Waals surface area contributed by atoms with Crippen molar-refractivity contribution in [1.82, 2.24) is 4.31 Å². The number of hydrogen-bond donors (Lipinski definition) is 1. The molecule has 0 atom stereocenters. The number of sulfonamides is 1. The lowest BCUT2D eigenvalue weighted by Crippen LogP contribution is -2.33. The smallest absolute Gasteiger partial charge is 0.307 e. The molecule has 0 bridgehead atoms. The molecule has 8 heteroatoms. The van der Waals surface area contributed by atoms with Crippen molar-refractivity contribution in [3.8, 4) is 5.75 Å².